The average Bonchev–Trinajstić information content (AvgIpc) is 3.71. The Morgan fingerprint density at radius 1 is 0.881 bits per heavy atom. The van der Waals surface area contributed by atoms with Gasteiger partial charge in [0.25, 0.3) is 5.56 Å². The minimum atomic E-state index is -0.213. The highest BCUT2D eigenvalue weighted by Crippen LogP contribution is 2.29. The van der Waals surface area contributed by atoms with Gasteiger partial charge in [0, 0.05) is 22.9 Å². The summed E-state index contributed by atoms with van der Waals surface area (Å²) in [6.45, 7) is 7.53. The first-order valence-corrected chi connectivity index (χ1v) is 14.9. The summed E-state index contributed by atoms with van der Waals surface area (Å²) in [4.78, 5) is 18.6. The summed E-state index contributed by atoms with van der Waals surface area (Å²) in [6, 6.07) is 23.6. The average molecular weight is 578 g/mol. The molecule has 212 valence electrons. The first-order valence-electron chi connectivity index (χ1n) is 14.1. The maximum absolute atomic E-state index is 13.4. The lowest BCUT2D eigenvalue weighted by Gasteiger charge is -2.09. The van der Waals surface area contributed by atoms with Crippen LogP contribution in [0.3, 0.4) is 0 Å². The van der Waals surface area contributed by atoms with Gasteiger partial charge < -0.3 is 9.47 Å². The van der Waals surface area contributed by atoms with Gasteiger partial charge in [-0.1, -0.05) is 43.4 Å². The third-order valence-electron chi connectivity index (χ3n) is 6.73. The van der Waals surface area contributed by atoms with Crippen molar-refractivity contribution in [2.24, 2.45) is 0 Å². The van der Waals surface area contributed by atoms with E-state index < -0.39 is 0 Å². The molecule has 3 aromatic carbocycles. The van der Waals surface area contributed by atoms with Gasteiger partial charge in [0.05, 0.1) is 23.4 Å². The number of hydrogen-bond donors (Lipinski definition) is 0. The van der Waals surface area contributed by atoms with Crippen molar-refractivity contribution in [3.8, 4) is 39.8 Å². The van der Waals surface area contributed by atoms with Crippen LogP contribution in [-0.4, -0.2) is 37.6 Å². The van der Waals surface area contributed by atoms with Crippen LogP contribution in [0.2, 0.25) is 0 Å². The van der Waals surface area contributed by atoms with Crippen LogP contribution in [0.25, 0.3) is 39.4 Å². The molecule has 0 unspecified atom stereocenters. The highest BCUT2D eigenvalue weighted by Gasteiger charge is 2.16. The number of ether oxygens (including phenoxy) is 2. The van der Waals surface area contributed by atoms with Crippen molar-refractivity contribution in [1.29, 1.82) is 0 Å². The third-order valence-corrected chi connectivity index (χ3v) is 7.69. The highest BCUT2D eigenvalue weighted by molar-refractivity contribution is 7.15. The van der Waals surface area contributed by atoms with Crippen molar-refractivity contribution in [2.45, 2.75) is 33.6 Å². The fourth-order valence-electron chi connectivity index (χ4n) is 4.62. The van der Waals surface area contributed by atoms with E-state index in [2.05, 4.69) is 30.0 Å². The predicted octanol–water partition coefficient (Wildman–Crippen LogP) is 6.10. The first-order chi connectivity index (χ1) is 20.5. The van der Waals surface area contributed by atoms with Crippen LogP contribution in [0, 0.1) is 6.92 Å². The molecule has 0 saturated heterocycles. The summed E-state index contributed by atoms with van der Waals surface area (Å²) < 4.78 is 15.3. The number of hydrogen-bond acceptors (Lipinski definition) is 7. The number of benzene rings is 3. The molecule has 3 heterocycles. The van der Waals surface area contributed by atoms with Crippen molar-refractivity contribution in [2.75, 3.05) is 13.2 Å². The number of fused-ring (bicyclic) bond motifs is 1. The molecule has 0 N–H and O–H groups in total. The molecule has 6 rings (SSSR count). The van der Waals surface area contributed by atoms with Crippen LogP contribution in [0.5, 0.6) is 11.5 Å². The number of rotatable bonds is 10. The molecular formula is C33H31N5O3S. The Morgan fingerprint density at radius 3 is 2.33 bits per heavy atom. The Balaban J connectivity index is 1.39. The number of thiazole rings is 1. The van der Waals surface area contributed by atoms with Crippen LogP contribution in [-0.2, 0) is 0 Å². The lowest BCUT2D eigenvalue weighted by Crippen LogP contribution is -2.23. The maximum Gasteiger partial charge on any atom is 0.291 e. The summed E-state index contributed by atoms with van der Waals surface area (Å²) in [5, 5.41) is 9.45. The summed E-state index contributed by atoms with van der Waals surface area (Å²) in [5.74, 6) is 2.17. The molecule has 0 atom stereocenters. The normalized spacial score (nSPS) is 11.8. The number of para-hydroxylation sites is 1. The number of nitrogens with zero attached hydrogens (tertiary/aromatic N) is 5. The zero-order valence-electron chi connectivity index (χ0n) is 23.8. The van der Waals surface area contributed by atoms with Crippen molar-refractivity contribution < 1.29 is 9.47 Å². The number of aromatic nitrogens is 5. The quantitative estimate of drug-likeness (QED) is 0.196. The molecule has 0 spiro atoms. The molecule has 8 nitrogen and oxygen atoms in total. The third kappa shape index (κ3) is 5.56. The monoisotopic (exact) mass is 577 g/mol. The van der Waals surface area contributed by atoms with E-state index in [1.807, 2.05) is 90.6 Å². The summed E-state index contributed by atoms with van der Waals surface area (Å²) in [7, 11) is 0. The predicted molar refractivity (Wildman–Crippen MR) is 167 cm³/mol. The Morgan fingerprint density at radius 2 is 1.62 bits per heavy atom. The van der Waals surface area contributed by atoms with Gasteiger partial charge in [-0.05, 0) is 86.0 Å². The minimum absolute atomic E-state index is 0.213. The van der Waals surface area contributed by atoms with E-state index in [0.29, 0.717) is 28.5 Å². The van der Waals surface area contributed by atoms with Gasteiger partial charge in [-0.25, -0.2) is 4.68 Å². The minimum Gasteiger partial charge on any atom is -0.494 e. The lowest BCUT2D eigenvalue weighted by atomic mass is 10.0. The molecule has 0 bridgehead atoms. The Kier molecular flexibility index (Phi) is 7.83. The largest absolute Gasteiger partial charge is 0.494 e. The molecule has 3 aromatic heterocycles. The molecule has 0 aliphatic heterocycles. The van der Waals surface area contributed by atoms with E-state index in [1.165, 1.54) is 15.9 Å². The fraction of sp³-hybridized carbons (Fsp3) is 0.212. The molecule has 0 aliphatic carbocycles. The van der Waals surface area contributed by atoms with Gasteiger partial charge >= 0.3 is 0 Å². The van der Waals surface area contributed by atoms with Crippen molar-refractivity contribution in [1.82, 2.24) is 24.4 Å². The molecule has 0 saturated carbocycles. The zero-order chi connectivity index (χ0) is 29.1. The maximum atomic E-state index is 13.4. The van der Waals surface area contributed by atoms with E-state index in [-0.39, 0.29) is 5.56 Å². The van der Waals surface area contributed by atoms with Gasteiger partial charge in [-0.3, -0.25) is 4.79 Å². The lowest BCUT2D eigenvalue weighted by molar-refractivity contribution is 0.315. The molecular weight excluding hydrogens is 546 g/mol. The molecule has 0 aliphatic rings. The Bertz CT molecular complexity index is 1940. The van der Waals surface area contributed by atoms with Gasteiger partial charge in [-0.15, -0.1) is 5.10 Å². The second kappa shape index (κ2) is 12.0. The van der Waals surface area contributed by atoms with Crippen molar-refractivity contribution in [3.05, 3.63) is 105 Å². The second-order valence-corrected chi connectivity index (χ2v) is 11.0. The summed E-state index contributed by atoms with van der Waals surface area (Å²) in [6.07, 6.45) is 5.72. The van der Waals surface area contributed by atoms with Gasteiger partial charge in [0.1, 0.15) is 17.2 Å². The molecule has 0 fully saturated rings. The molecule has 42 heavy (non-hydrogen) atoms. The van der Waals surface area contributed by atoms with E-state index >= 15 is 0 Å². The van der Waals surface area contributed by atoms with Crippen molar-refractivity contribution in [3.63, 3.8) is 0 Å². The van der Waals surface area contributed by atoms with Crippen molar-refractivity contribution >= 4 is 22.4 Å². The van der Waals surface area contributed by atoms with E-state index in [9.17, 15) is 4.79 Å². The van der Waals surface area contributed by atoms with Crippen LogP contribution in [0.4, 0.5) is 0 Å². The molecule has 0 amide bonds. The van der Waals surface area contributed by atoms with E-state index in [4.69, 9.17) is 14.6 Å². The summed E-state index contributed by atoms with van der Waals surface area (Å²) >= 11 is 1.31. The Hall–Kier alpha value is -4.76. The fourth-order valence-corrected chi connectivity index (χ4v) is 5.52. The SMILES string of the molecule is CCCOc1ccc(-c2nc3sc(=Cc4cn(-c5ccccc5)nc4-c4ccc(OCCC)c(C)c4)c(=O)n3n2)cc1. The summed E-state index contributed by atoms with van der Waals surface area (Å²) in [5.41, 5.74) is 5.11. The van der Waals surface area contributed by atoms with Gasteiger partial charge in [0.15, 0.2) is 5.82 Å². The van der Waals surface area contributed by atoms with Crippen LogP contribution in [0.15, 0.2) is 83.8 Å². The first kappa shape index (κ1) is 27.4. The van der Waals surface area contributed by atoms with Gasteiger partial charge in [-0.2, -0.15) is 14.6 Å². The van der Waals surface area contributed by atoms with Crippen LogP contribution >= 0.6 is 11.3 Å². The molecule has 6 aromatic rings. The van der Waals surface area contributed by atoms with E-state index in [0.717, 1.165) is 58.0 Å². The van der Waals surface area contributed by atoms with Gasteiger partial charge in [0.2, 0.25) is 4.96 Å². The zero-order valence-corrected chi connectivity index (χ0v) is 24.6. The Labute approximate surface area is 247 Å². The second-order valence-electron chi connectivity index (χ2n) is 9.96. The van der Waals surface area contributed by atoms with Crippen LogP contribution in [0.1, 0.15) is 37.8 Å². The van der Waals surface area contributed by atoms with Crippen LogP contribution < -0.4 is 19.6 Å². The molecule has 0 radical (unpaired) electrons. The standard InChI is InChI=1S/C33H31N5O3S/c1-4-17-40-27-14-11-23(12-15-27)31-34-33-38(36-31)32(39)29(42-33)20-25-21-37(26-9-7-6-8-10-26)35-30(25)24-13-16-28(22(3)19-24)41-18-5-2/h6-16,19-21H,4-5,17-18H2,1-3H3. The number of aryl methyl sites for hydroxylation is 1. The molecule has 9 heteroatoms. The highest BCUT2D eigenvalue weighted by atomic mass is 32.1. The smallest absolute Gasteiger partial charge is 0.291 e. The topological polar surface area (TPSA) is 83.5 Å². The van der Waals surface area contributed by atoms with E-state index in [1.54, 1.807) is 0 Å².